The second-order valence-electron chi connectivity index (χ2n) is 5.80. The van der Waals surface area contributed by atoms with Crippen LogP contribution >= 0.6 is 0 Å². The minimum atomic E-state index is -0.0949. The summed E-state index contributed by atoms with van der Waals surface area (Å²) in [6.07, 6.45) is 8.99. The van der Waals surface area contributed by atoms with Crippen LogP contribution in [0, 0.1) is 0 Å². The maximum atomic E-state index is 12.5. The van der Waals surface area contributed by atoms with Gasteiger partial charge in [-0.2, -0.15) is 0 Å². The quantitative estimate of drug-likeness (QED) is 0.892. The van der Waals surface area contributed by atoms with Crippen molar-refractivity contribution in [1.29, 1.82) is 0 Å². The molecule has 22 heavy (non-hydrogen) atoms. The molecule has 3 rings (SSSR count). The number of benzene rings is 1. The summed E-state index contributed by atoms with van der Waals surface area (Å²) in [5.74, 6) is 0.585. The number of nitrogens with zero attached hydrogens (tertiary/aromatic N) is 2. The highest BCUT2D eigenvalue weighted by Crippen LogP contribution is 2.27. The third-order valence-corrected chi connectivity index (χ3v) is 3.90. The summed E-state index contributed by atoms with van der Waals surface area (Å²) in [5, 5.41) is 3.02. The molecule has 0 spiro atoms. The fourth-order valence-electron chi connectivity index (χ4n) is 2.48. The first-order chi connectivity index (χ1) is 10.7. The molecule has 1 heterocycles. The molecule has 0 bridgehead atoms. The molecule has 0 aliphatic heterocycles. The Hall–Kier alpha value is -2.30. The molecule has 1 aliphatic carbocycles. The number of amides is 1. The molecule has 0 radical (unpaired) electrons. The Morgan fingerprint density at radius 2 is 2.27 bits per heavy atom. The molecule has 1 aromatic carbocycles. The lowest BCUT2D eigenvalue weighted by molar-refractivity contribution is 0.0912. The number of para-hydroxylation sites is 1. The van der Waals surface area contributed by atoms with Crippen molar-refractivity contribution >= 4 is 5.91 Å². The lowest BCUT2D eigenvalue weighted by atomic mass is 9.96. The van der Waals surface area contributed by atoms with Crippen molar-refractivity contribution in [3.8, 4) is 5.75 Å². The highest BCUT2D eigenvalue weighted by atomic mass is 16.5. The molecule has 5 nitrogen and oxygen atoms in total. The van der Waals surface area contributed by atoms with Crippen LogP contribution in [-0.4, -0.2) is 27.6 Å². The van der Waals surface area contributed by atoms with Gasteiger partial charge in [-0.25, -0.2) is 4.98 Å². The molecule has 0 saturated heterocycles. The predicted octanol–water partition coefficient (Wildman–Crippen LogP) is 2.63. The number of nitrogens with one attached hydrogen (secondary N) is 1. The zero-order chi connectivity index (χ0) is 15.4. The van der Waals surface area contributed by atoms with Crippen molar-refractivity contribution in [3.05, 3.63) is 48.5 Å². The zero-order valence-corrected chi connectivity index (χ0v) is 12.7. The lowest BCUT2D eigenvalue weighted by Crippen LogP contribution is -2.36. The van der Waals surface area contributed by atoms with Gasteiger partial charge in [0.05, 0.1) is 18.0 Å². The van der Waals surface area contributed by atoms with Crippen molar-refractivity contribution in [2.45, 2.75) is 44.9 Å². The second-order valence-corrected chi connectivity index (χ2v) is 5.80. The van der Waals surface area contributed by atoms with Gasteiger partial charge in [0, 0.05) is 25.0 Å². The number of ether oxygens (including phenoxy) is 1. The average molecular weight is 299 g/mol. The van der Waals surface area contributed by atoms with E-state index in [2.05, 4.69) is 10.3 Å². The van der Waals surface area contributed by atoms with E-state index in [9.17, 15) is 4.79 Å². The van der Waals surface area contributed by atoms with Gasteiger partial charge >= 0.3 is 0 Å². The monoisotopic (exact) mass is 299 g/mol. The van der Waals surface area contributed by atoms with Gasteiger partial charge in [-0.3, -0.25) is 4.79 Å². The molecule has 1 N–H and O–H groups in total. The molecule has 5 heteroatoms. The van der Waals surface area contributed by atoms with Gasteiger partial charge in [0.2, 0.25) is 0 Å². The molecule has 1 fully saturated rings. The summed E-state index contributed by atoms with van der Waals surface area (Å²) < 4.78 is 7.86. The number of rotatable bonds is 6. The van der Waals surface area contributed by atoms with E-state index < -0.39 is 0 Å². The van der Waals surface area contributed by atoms with Crippen LogP contribution in [0.4, 0.5) is 0 Å². The Balaban J connectivity index is 1.63. The van der Waals surface area contributed by atoms with Gasteiger partial charge < -0.3 is 14.6 Å². The maximum Gasteiger partial charge on any atom is 0.255 e. The minimum absolute atomic E-state index is 0.0125. The van der Waals surface area contributed by atoms with Crippen LogP contribution in [0.2, 0.25) is 0 Å². The van der Waals surface area contributed by atoms with Crippen molar-refractivity contribution in [2.24, 2.45) is 0 Å². The smallest absolute Gasteiger partial charge is 0.255 e. The van der Waals surface area contributed by atoms with E-state index >= 15 is 0 Å². The molecule has 116 valence electrons. The summed E-state index contributed by atoms with van der Waals surface area (Å²) in [5.41, 5.74) is 0.604. The Kier molecular flexibility index (Phi) is 4.42. The minimum Gasteiger partial charge on any atom is -0.490 e. The zero-order valence-electron chi connectivity index (χ0n) is 12.7. The number of aromatic nitrogens is 2. The first-order valence-electron chi connectivity index (χ1n) is 7.74. The molecule has 0 unspecified atom stereocenters. The van der Waals surface area contributed by atoms with Gasteiger partial charge in [0.15, 0.2) is 0 Å². The predicted molar refractivity (Wildman–Crippen MR) is 83.9 cm³/mol. The van der Waals surface area contributed by atoms with Crippen molar-refractivity contribution < 1.29 is 9.53 Å². The van der Waals surface area contributed by atoms with Crippen LogP contribution in [-0.2, 0) is 6.54 Å². The van der Waals surface area contributed by atoms with Gasteiger partial charge in [0.25, 0.3) is 5.91 Å². The highest BCUT2D eigenvalue weighted by Gasteiger charge is 2.22. The Labute approximate surface area is 130 Å². The fourth-order valence-corrected chi connectivity index (χ4v) is 2.48. The largest absolute Gasteiger partial charge is 0.490 e. The first-order valence-corrected chi connectivity index (χ1v) is 7.74. The van der Waals surface area contributed by atoms with Gasteiger partial charge in [0.1, 0.15) is 5.75 Å². The number of hydrogen-bond donors (Lipinski definition) is 1. The van der Waals surface area contributed by atoms with Crippen LogP contribution in [0.25, 0.3) is 0 Å². The van der Waals surface area contributed by atoms with Gasteiger partial charge in [-0.15, -0.1) is 0 Å². The summed E-state index contributed by atoms with van der Waals surface area (Å²) in [6, 6.07) is 7.46. The highest BCUT2D eigenvalue weighted by molar-refractivity contribution is 5.97. The molecule has 1 aliphatic rings. The molecule has 2 aromatic rings. The van der Waals surface area contributed by atoms with Gasteiger partial charge in [-0.1, -0.05) is 12.1 Å². The van der Waals surface area contributed by atoms with Crippen molar-refractivity contribution in [3.63, 3.8) is 0 Å². The normalized spacial score (nSPS) is 15.9. The van der Waals surface area contributed by atoms with E-state index in [4.69, 9.17) is 4.74 Å². The van der Waals surface area contributed by atoms with E-state index in [-0.39, 0.29) is 18.1 Å². The first kappa shape index (κ1) is 14.6. The topological polar surface area (TPSA) is 56.2 Å². The molecular formula is C17H21N3O2. The summed E-state index contributed by atoms with van der Waals surface area (Å²) in [7, 11) is 0. The van der Waals surface area contributed by atoms with E-state index in [1.54, 1.807) is 12.5 Å². The second kappa shape index (κ2) is 6.64. The van der Waals surface area contributed by atoms with E-state index in [1.807, 2.05) is 42.0 Å². The standard InChI is InChI=1S/C17H21N3O2/c1-13(11-20-10-9-18-12-20)19-17(21)15-7-2-3-8-16(15)22-14-5-4-6-14/h2-3,7-10,12-14H,4-6,11H2,1H3,(H,19,21)/t13-/m1/s1. The number of carbonyl (C=O) groups excluding carboxylic acids is 1. The molecule has 1 atom stereocenters. The van der Waals surface area contributed by atoms with E-state index in [0.717, 1.165) is 12.8 Å². The van der Waals surface area contributed by atoms with Crippen LogP contribution in [0.15, 0.2) is 43.0 Å². The van der Waals surface area contributed by atoms with Crippen molar-refractivity contribution in [1.82, 2.24) is 14.9 Å². The van der Waals surface area contributed by atoms with Crippen LogP contribution in [0.3, 0.4) is 0 Å². The summed E-state index contributed by atoms with van der Waals surface area (Å²) in [6.45, 7) is 2.67. The third kappa shape index (κ3) is 3.47. The number of imidazole rings is 1. The van der Waals surface area contributed by atoms with Crippen molar-refractivity contribution in [2.75, 3.05) is 0 Å². The number of hydrogen-bond acceptors (Lipinski definition) is 3. The van der Waals surface area contributed by atoms with Crippen LogP contribution in [0.1, 0.15) is 36.5 Å². The number of carbonyl (C=O) groups is 1. The van der Waals surface area contributed by atoms with Crippen LogP contribution in [0.5, 0.6) is 5.75 Å². The van der Waals surface area contributed by atoms with Crippen LogP contribution < -0.4 is 10.1 Å². The summed E-state index contributed by atoms with van der Waals surface area (Å²) in [4.78, 5) is 16.5. The molecular weight excluding hydrogens is 278 g/mol. The molecule has 1 amide bonds. The van der Waals surface area contributed by atoms with E-state index in [1.165, 1.54) is 6.42 Å². The van der Waals surface area contributed by atoms with E-state index in [0.29, 0.717) is 17.9 Å². The lowest BCUT2D eigenvalue weighted by Gasteiger charge is -2.27. The maximum absolute atomic E-state index is 12.5. The molecule has 1 aromatic heterocycles. The molecule has 1 saturated carbocycles. The Morgan fingerprint density at radius 1 is 1.45 bits per heavy atom. The third-order valence-electron chi connectivity index (χ3n) is 3.90. The SMILES string of the molecule is C[C@H](Cn1ccnc1)NC(=O)c1ccccc1OC1CCC1. The summed E-state index contributed by atoms with van der Waals surface area (Å²) >= 11 is 0. The fraction of sp³-hybridized carbons (Fsp3) is 0.412. The average Bonchev–Trinajstić information content (AvgIpc) is 2.96. The Morgan fingerprint density at radius 3 is 2.95 bits per heavy atom. The van der Waals surface area contributed by atoms with Gasteiger partial charge in [-0.05, 0) is 38.3 Å². The Bertz CT molecular complexity index is 621.